The highest BCUT2D eigenvalue weighted by Gasteiger charge is 2.20. The Labute approximate surface area is 288 Å². The maximum atomic E-state index is 12.8. The summed E-state index contributed by atoms with van der Waals surface area (Å²) in [6.07, 6.45) is 6.21. The minimum Gasteiger partial charge on any atom is -0.465 e. The van der Waals surface area contributed by atoms with E-state index in [-0.39, 0.29) is 25.6 Å². The Morgan fingerprint density at radius 1 is 0.956 bits per heavy atom. The molecule has 0 heterocycles. The van der Waals surface area contributed by atoms with E-state index in [2.05, 4.69) is 33.5 Å². The molecule has 1 saturated carbocycles. The smallest absolute Gasteiger partial charge is 0.338 e. The molecule has 1 aliphatic carbocycles. The van der Waals surface area contributed by atoms with Crippen molar-refractivity contribution >= 4 is 79.9 Å². The molecule has 1 fully saturated rings. The molecule has 4 N–H and O–H groups in total. The third kappa shape index (κ3) is 10.8. The maximum absolute atomic E-state index is 12.8. The Morgan fingerprint density at radius 3 is 2.36 bits per heavy atom. The molecule has 7 nitrogen and oxygen atoms in total. The molecule has 0 saturated heterocycles. The lowest BCUT2D eigenvalue weighted by Crippen LogP contribution is -2.33. The summed E-state index contributed by atoms with van der Waals surface area (Å²) in [7, 11) is 0. The van der Waals surface area contributed by atoms with Crippen molar-refractivity contribution in [3.63, 3.8) is 0 Å². The van der Waals surface area contributed by atoms with Crippen LogP contribution in [0.1, 0.15) is 60.5 Å². The first kappa shape index (κ1) is 35.4. The van der Waals surface area contributed by atoms with Gasteiger partial charge in [0.05, 0.1) is 33.4 Å². The lowest BCUT2D eigenvalue weighted by Gasteiger charge is -2.28. The van der Waals surface area contributed by atoms with Gasteiger partial charge in [0.25, 0.3) is 0 Å². The quantitative estimate of drug-likeness (QED) is 0.0809. The van der Waals surface area contributed by atoms with Crippen LogP contribution in [0.25, 0.3) is 0 Å². The zero-order valence-corrected chi connectivity index (χ0v) is 29.3. The van der Waals surface area contributed by atoms with Crippen molar-refractivity contribution in [1.82, 2.24) is 5.32 Å². The second kappa shape index (κ2) is 18.0. The Kier molecular flexibility index (Phi) is 14.2. The molecular weight excluding hydrogens is 697 g/mol. The number of para-hydroxylation sites is 2. The van der Waals surface area contributed by atoms with Gasteiger partial charge >= 0.3 is 11.9 Å². The van der Waals surface area contributed by atoms with Crippen LogP contribution in [0.15, 0.2) is 59.1 Å². The van der Waals surface area contributed by atoms with Gasteiger partial charge in [0.2, 0.25) is 0 Å². The van der Waals surface area contributed by atoms with E-state index in [0.29, 0.717) is 55.5 Å². The number of halogens is 3. The molecule has 1 aliphatic rings. The molecule has 0 aromatic heterocycles. The SMILES string of the molecule is CCC1CCC(NCc2cc(C(=O)OCCSCCOC(=O)Cc3ccccc3Nc3c(Cl)cccc3Cl)cc(Br)c2N)CC1. The van der Waals surface area contributed by atoms with Gasteiger partial charge in [-0.25, -0.2) is 4.79 Å². The predicted molar refractivity (Wildman–Crippen MR) is 190 cm³/mol. The average Bonchev–Trinajstić information content (AvgIpc) is 3.04. The number of nitrogens with two attached hydrogens (primary N) is 1. The number of hydrogen-bond acceptors (Lipinski definition) is 8. The summed E-state index contributed by atoms with van der Waals surface area (Å²) in [5, 5.41) is 7.82. The van der Waals surface area contributed by atoms with E-state index in [1.807, 2.05) is 30.3 Å². The number of esters is 2. The predicted octanol–water partition coefficient (Wildman–Crippen LogP) is 8.82. The second-order valence-corrected chi connectivity index (χ2v) is 14.0. The highest BCUT2D eigenvalue weighted by atomic mass is 79.9. The molecule has 3 aromatic carbocycles. The molecule has 0 aliphatic heterocycles. The minimum absolute atomic E-state index is 0.0994. The van der Waals surface area contributed by atoms with Crippen LogP contribution in [0.5, 0.6) is 0 Å². The van der Waals surface area contributed by atoms with Crippen molar-refractivity contribution < 1.29 is 19.1 Å². The summed E-state index contributed by atoms with van der Waals surface area (Å²) in [4.78, 5) is 25.3. The number of anilines is 3. The molecule has 242 valence electrons. The Balaban J connectivity index is 1.15. The minimum atomic E-state index is -0.391. The fraction of sp³-hybridized carbons (Fsp3) is 0.412. The first-order valence-corrected chi connectivity index (χ1v) is 18.0. The fourth-order valence-electron chi connectivity index (χ4n) is 5.32. The number of thioether (sulfide) groups is 1. The van der Waals surface area contributed by atoms with Crippen molar-refractivity contribution in [2.45, 2.75) is 58.0 Å². The van der Waals surface area contributed by atoms with Gasteiger partial charge < -0.3 is 25.8 Å². The molecule has 0 bridgehead atoms. The second-order valence-electron chi connectivity index (χ2n) is 11.1. The highest BCUT2D eigenvalue weighted by Crippen LogP contribution is 2.34. The third-order valence-electron chi connectivity index (χ3n) is 7.98. The average molecular weight is 738 g/mol. The van der Waals surface area contributed by atoms with Crippen LogP contribution in [0, 0.1) is 5.92 Å². The maximum Gasteiger partial charge on any atom is 0.338 e. The standard InChI is InChI=1S/C34H40BrCl2N3O4S/c1-2-22-10-12-26(13-11-22)39-21-25-18-24(19-27(35)32(25)38)34(42)44-15-17-45-16-14-43-31(41)20-23-6-3-4-9-30(23)40-33-28(36)7-5-8-29(33)37/h3-9,18-19,22,26,39-40H,2,10-17,20-21,38H2,1H3. The fourth-order valence-corrected chi connectivity index (χ4v) is 6.92. The van der Waals surface area contributed by atoms with Crippen LogP contribution >= 0.6 is 50.9 Å². The molecule has 0 atom stereocenters. The number of nitrogens with one attached hydrogen (secondary N) is 2. The van der Waals surface area contributed by atoms with Crippen LogP contribution in [0.4, 0.5) is 17.1 Å². The van der Waals surface area contributed by atoms with E-state index < -0.39 is 5.97 Å². The molecule has 11 heteroatoms. The molecule has 0 spiro atoms. The topological polar surface area (TPSA) is 103 Å². The normalized spacial score (nSPS) is 16.3. The number of hydrogen-bond donors (Lipinski definition) is 3. The molecule has 4 rings (SSSR count). The van der Waals surface area contributed by atoms with Crippen LogP contribution in [0.2, 0.25) is 10.0 Å². The van der Waals surface area contributed by atoms with Gasteiger partial charge in [0.15, 0.2) is 0 Å². The van der Waals surface area contributed by atoms with E-state index in [1.54, 1.807) is 36.0 Å². The zero-order chi connectivity index (χ0) is 32.2. The monoisotopic (exact) mass is 735 g/mol. The van der Waals surface area contributed by atoms with Crippen molar-refractivity contribution in [1.29, 1.82) is 0 Å². The van der Waals surface area contributed by atoms with Crippen LogP contribution in [0.3, 0.4) is 0 Å². The van der Waals surface area contributed by atoms with Crippen molar-refractivity contribution in [2.24, 2.45) is 5.92 Å². The zero-order valence-electron chi connectivity index (χ0n) is 25.4. The molecular formula is C34H40BrCl2N3O4S. The van der Waals surface area contributed by atoms with Crippen LogP contribution in [-0.4, -0.2) is 42.7 Å². The number of carbonyl (C=O) groups is 2. The van der Waals surface area contributed by atoms with Crippen LogP contribution < -0.4 is 16.4 Å². The van der Waals surface area contributed by atoms with E-state index in [9.17, 15) is 9.59 Å². The Hall–Kier alpha value is -2.43. The summed E-state index contributed by atoms with van der Waals surface area (Å²) in [6.45, 7) is 3.38. The highest BCUT2D eigenvalue weighted by molar-refractivity contribution is 9.10. The summed E-state index contributed by atoms with van der Waals surface area (Å²) in [6, 6.07) is 16.7. The third-order valence-corrected chi connectivity index (χ3v) is 10.2. The number of benzene rings is 3. The summed E-state index contributed by atoms with van der Waals surface area (Å²) in [5.74, 6) is 1.28. The van der Waals surface area contributed by atoms with E-state index >= 15 is 0 Å². The first-order chi connectivity index (χ1) is 21.7. The number of nitrogen functional groups attached to an aromatic ring is 1. The molecule has 45 heavy (non-hydrogen) atoms. The lowest BCUT2D eigenvalue weighted by atomic mass is 9.84. The largest absolute Gasteiger partial charge is 0.465 e. The molecule has 0 unspecified atom stereocenters. The Bertz CT molecular complexity index is 1430. The van der Waals surface area contributed by atoms with E-state index in [4.69, 9.17) is 38.4 Å². The van der Waals surface area contributed by atoms with Gasteiger partial charge in [-0.15, -0.1) is 0 Å². The first-order valence-electron chi connectivity index (χ1n) is 15.3. The molecule has 0 amide bonds. The number of carbonyl (C=O) groups excluding carboxylic acids is 2. The number of rotatable bonds is 15. The molecule has 3 aromatic rings. The Morgan fingerprint density at radius 2 is 1.64 bits per heavy atom. The van der Waals surface area contributed by atoms with Gasteiger partial charge in [-0.2, -0.15) is 11.8 Å². The summed E-state index contributed by atoms with van der Waals surface area (Å²) >= 11 is 17.6. The summed E-state index contributed by atoms with van der Waals surface area (Å²) < 4.78 is 11.6. The van der Waals surface area contributed by atoms with Crippen molar-refractivity contribution in [3.05, 3.63) is 85.8 Å². The van der Waals surface area contributed by atoms with Crippen LogP contribution in [-0.2, 0) is 27.2 Å². The van der Waals surface area contributed by atoms with Gasteiger partial charge in [-0.05, 0) is 89.0 Å². The van der Waals surface area contributed by atoms with Gasteiger partial charge in [0.1, 0.15) is 13.2 Å². The van der Waals surface area contributed by atoms with Gasteiger partial charge in [-0.3, -0.25) is 4.79 Å². The van der Waals surface area contributed by atoms with E-state index in [0.717, 1.165) is 22.7 Å². The van der Waals surface area contributed by atoms with Gasteiger partial charge in [-0.1, -0.05) is 60.8 Å². The summed E-state index contributed by atoms with van der Waals surface area (Å²) in [5.41, 5.74) is 10.4. The van der Waals surface area contributed by atoms with E-state index in [1.165, 1.54) is 32.1 Å². The molecule has 0 radical (unpaired) electrons. The number of ether oxygens (including phenoxy) is 2. The lowest BCUT2D eigenvalue weighted by molar-refractivity contribution is -0.142. The van der Waals surface area contributed by atoms with Crippen molar-refractivity contribution in [2.75, 3.05) is 35.8 Å². The van der Waals surface area contributed by atoms with Gasteiger partial charge in [0, 0.05) is 34.3 Å². The van der Waals surface area contributed by atoms with Crippen molar-refractivity contribution in [3.8, 4) is 0 Å².